The number of carboxylic acids is 1. The molecule has 0 aliphatic heterocycles. The Balaban J connectivity index is 1.84. The fourth-order valence-electron chi connectivity index (χ4n) is 3.68. The second-order valence-electron chi connectivity index (χ2n) is 7.16. The van der Waals surface area contributed by atoms with Gasteiger partial charge in [0.15, 0.2) is 5.78 Å². The first-order chi connectivity index (χ1) is 14.9. The van der Waals surface area contributed by atoms with E-state index in [1.807, 2.05) is 30.3 Å². The highest BCUT2D eigenvalue weighted by atomic mass is 19.3. The number of carbonyl (C=O) groups is 2. The summed E-state index contributed by atoms with van der Waals surface area (Å²) in [6.07, 6.45) is 0.182. The summed E-state index contributed by atoms with van der Waals surface area (Å²) in [5, 5.41) is 12.6. The minimum absolute atomic E-state index is 0.117. The third kappa shape index (κ3) is 4.25. The van der Waals surface area contributed by atoms with Gasteiger partial charge in [-0.3, -0.25) is 14.6 Å². The zero-order valence-electron chi connectivity index (χ0n) is 16.3. The number of aromatic amines is 1. The molecule has 1 unspecified atom stereocenters. The summed E-state index contributed by atoms with van der Waals surface area (Å²) < 4.78 is 30.7. The van der Waals surface area contributed by atoms with E-state index in [4.69, 9.17) is 4.74 Å². The number of hydrogen-bond donors (Lipinski definition) is 3. The number of pyridine rings is 1. The molecule has 9 heteroatoms. The van der Waals surface area contributed by atoms with Crippen LogP contribution in [-0.4, -0.2) is 39.9 Å². The molecule has 3 N–H and O–H groups in total. The number of alkyl halides is 2. The Labute approximate surface area is 176 Å². The lowest BCUT2D eigenvalue weighted by atomic mass is 9.86. The number of carboxylic acid groups (broad SMARTS) is 1. The van der Waals surface area contributed by atoms with E-state index in [-0.39, 0.29) is 24.4 Å². The summed E-state index contributed by atoms with van der Waals surface area (Å²) in [6, 6.07) is 10.7. The molecule has 0 fully saturated rings. The summed E-state index contributed by atoms with van der Waals surface area (Å²) in [4.78, 5) is 31.5. The lowest BCUT2D eigenvalue weighted by molar-refractivity contribution is -0.141. The van der Waals surface area contributed by atoms with Crippen molar-refractivity contribution >= 4 is 23.1 Å². The number of anilines is 2. The molecule has 0 amide bonds. The number of nitrogens with zero attached hydrogens (tertiary/aromatic N) is 1. The van der Waals surface area contributed by atoms with Crippen LogP contribution < -0.4 is 10.1 Å². The first kappa shape index (κ1) is 20.5. The number of Topliss-reactive ketones (excluding diaryl/α,β-unsaturated/α-hetero) is 1. The zero-order valence-corrected chi connectivity index (χ0v) is 16.3. The molecule has 3 aromatic rings. The molecule has 4 rings (SSSR count). The smallest absolute Gasteiger partial charge is 0.307 e. The van der Waals surface area contributed by atoms with Gasteiger partial charge in [0.2, 0.25) is 0 Å². The van der Waals surface area contributed by atoms with E-state index >= 15 is 0 Å². The Morgan fingerprint density at radius 1 is 1.26 bits per heavy atom. The number of H-pyrrole nitrogens is 1. The largest absolute Gasteiger partial charge is 0.485 e. The van der Waals surface area contributed by atoms with E-state index in [1.54, 1.807) is 6.07 Å². The molecular weight excluding hydrogens is 408 g/mol. The number of hydrogen-bond acceptors (Lipinski definition) is 5. The van der Waals surface area contributed by atoms with Crippen molar-refractivity contribution in [3.63, 3.8) is 0 Å². The number of para-hydroxylation sites is 1. The van der Waals surface area contributed by atoms with Crippen LogP contribution >= 0.6 is 0 Å². The highest BCUT2D eigenvalue weighted by Crippen LogP contribution is 2.42. The van der Waals surface area contributed by atoms with Gasteiger partial charge in [-0.1, -0.05) is 18.2 Å². The summed E-state index contributed by atoms with van der Waals surface area (Å²) in [5.41, 5.74) is 2.88. The van der Waals surface area contributed by atoms with Gasteiger partial charge >= 0.3 is 5.97 Å². The molecule has 0 spiro atoms. The molecule has 0 bridgehead atoms. The number of rotatable bonds is 7. The van der Waals surface area contributed by atoms with Gasteiger partial charge in [-0.15, -0.1) is 0 Å². The number of aliphatic carboxylic acids is 1. The van der Waals surface area contributed by atoms with Crippen LogP contribution in [0.1, 0.15) is 22.5 Å². The van der Waals surface area contributed by atoms with Crippen molar-refractivity contribution in [2.24, 2.45) is 5.92 Å². The van der Waals surface area contributed by atoms with Crippen LogP contribution in [-0.2, 0) is 11.2 Å². The molecule has 1 aromatic carbocycles. The monoisotopic (exact) mass is 427 g/mol. The Hall–Kier alpha value is -3.75. The predicted octanol–water partition coefficient (Wildman–Crippen LogP) is 4.29. The molecule has 0 saturated heterocycles. The van der Waals surface area contributed by atoms with Crippen LogP contribution in [0.4, 0.5) is 20.2 Å². The number of benzene rings is 1. The molecule has 160 valence electrons. The van der Waals surface area contributed by atoms with Crippen LogP contribution in [0.25, 0.3) is 11.3 Å². The van der Waals surface area contributed by atoms with E-state index in [2.05, 4.69) is 15.3 Å². The fourth-order valence-corrected chi connectivity index (χ4v) is 3.68. The summed E-state index contributed by atoms with van der Waals surface area (Å²) >= 11 is 0. The van der Waals surface area contributed by atoms with Crippen LogP contribution in [0.5, 0.6) is 5.75 Å². The van der Waals surface area contributed by atoms with E-state index in [0.717, 1.165) is 0 Å². The number of nitrogens with one attached hydrogen (secondary N) is 2. The van der Waals surface area contributed by atoms with Crippen molar-refractivity contribution in [1.82, 2.24) is 9.97 Å². The van der Waals surface area contributed by atoms with Gasteiger partial charge in [0.1, 0.15) is 12.4 Å². The number of ketones is 1. The number of ether oxygens (including phenoxy) is 1. The quantitative estimate of drug-likeness (QED) is 0.520. The van der Waals surface area contributed by atoms with Gasteiger partial charge in [0.05, 0.1) is 29.1 Å². The molecule has 2 heterocycles. The molecule has 1 aliphatic carbocycles. The normalized spacial score (nSPS) is 15.6. The SMILES string of the molecule is O=C1CC(C(=O)O)Cc2[nH]c(-c3ccncc3OCC(F)F)c(Nc3ccccc3)c21. The first-order valence-electron chi connectivity index (χ1n) is 9.62. The number of aromatic nitrogens is 2. The van der Waals surface area contributed by atoms with Gasteiger partial charge in [-0.05, 0) is 18.2 Å². The maximum Gasteiger partial charge on any atom is 0.307 e. The van der Waals surface area contributed by atoms with Crippen molar-refractivity contribution in [2.75, 3.05) is 11.9 Å². The van der Waals surface area contributed by atoms with E-state index in [0.29, 0.717) is 33.9 Å². The topological polar surface area (TPSA) is 104 Å². The maximum absolute atomic E-state index is 12.9. The van der Waals surface area contributed by atoms with Gasteiger partial charge in [0.25, 0.3) is 6.43 Å². The highest BCUT2D eigenvalue weighted by Gasteiger charge is 2.35. The number of carbonyl (C=O) groups excluding carboxylic acids is 1. The lowest BCUT2D eigenvalue weighted by Gasteiger charge is -2.18. The van der Waals surface area contributed by atoms with Crippen LogP contribution in [0.15, 0.2) is 48.8 Å². The Bertz CT molecular complexity index is 1120. The summed E-state index contributed by atoms with van der Waals surface area (Å²) in [6.45, 7) is -0.805. The molecule has 2 aromatic heterocycles. The van der Waals surface area contributed by atoms with Crippen molar-refractivity contribution in [3.8, 4) is 17.0 Å². The Morgan fingerprint density at radius 3 is 2.74 bits per heavy atom. The van der Waals surface area contributed by atoms with E-state index in [1.165, 1.54) is 12.4 Å². The third-order valence-corrected chi connectivity index (χ3v) is 5.05. The first-order valence-corrected chi connectivity index (χ1v) is 9.62. The minimum Gasteiger partial charge on any atom is -0.485 e. The average Bonchev–Trinajstić information content (AvgIpc) is 3.11. The van der Waals surface area contributed by atoms with Crippen LogP contribution in [0.2, 0.25) is 0 Å². The van der Waals surface area contributed by atoms with Gasteiger partial charge in [-0.2, -0.15) is 0 Å². The average molecular weight is 427 g/mol. The predicted molar refractivity (Wildman–Crippen MR) is 109 cm³/mol. The molecular formula is C22H19F2N3O4. The van der Waals surface area contributed by atoms with Crippen molar-refractivity contribution in [3.05, 3.63) is 60.0 Å². The van der Waals surface area contributed by atoms with Gasteiger partial charge in [0, 0.05) is 36.0 Å². The molecule has 0 saturated carbocycles. The third-order valence-electron chi connectivity index (χ3n) is 5.05. The molecule has 1 atom stereocenters. The minimum atomic E-state index is -2.66. The summed E-state index contributed by atoms with van der Waals surface area (Å²) in [7, 11) is 0. The van der Waals surface area contributed by atoms with Gasteiger partial charge < -0.3 is 20.1 Å². The second kappa shape index (κ2) is 8.55. The summed E-state index contributed by atoms with van der Waals surface area (Å²) in [5.74, 6) is -2.06. The zero-order chi connectivity index (χ0) is 22.0. The maximum atomic E-state index is 12.9. The Morgan fingerprint density at radius 2 is 2.03 bits per heavy atom. The van der Waals surface area contributed by atoms with Crippen molar-refractivity contribution < 1.29 is 28.2 Å². The standard InChI is InChI=1S/C22H19F2N3O4/c23-18(24)11-31-17-10-25-7-6-14(17)20-21(26-13-4-2-1-3-5-13)19-15(27-20)8-12(22(29)30)9-16(19)28/h1-7,10,12,18,26-27H,8-9,11H2,(H,29,30). The van der Waals surface area contributed by atoms with E-state index in [9.17, 15) is 23.5 Å². The number of fused-ring (bicyclic) bond motifs is 1. The second-order valence-corrected chi connectivity index (χ2v) is 7.16. The van der Waals surface area contributed by atoms with Crippen LogP contribution in [0.3, 0.4) is 0 Å². The van der Waals surface area contributed by atoms with Crippen LogP contribution in [0, 0.1) is 5.92 Å². The van der Waals surface area contributed by atoms with Crippen molar-refractivity contribution in [2.45, 2.75) is 19.3 Å². The Kier molecular flexibility index (Phi) is 5.66. The molecule has 0 radical (unpaired) electrons. The van der Waals surface area contributed by atoms with Crippen molar-refractivity contribution in [1.29, 1.82) is 0 Å². The van der Waals surface area contributed by atoms with Gasteiger partial charge in [-0.25, -0.2) is 8.78 Å². The molecule has 1 aliphatic rings. The lowest BCUT2D eigenvalue weighted by Crippen LogP contribution is -2.26. The molecule has 31 heavy (non-hydrogen) atoms. The molecule has 7 nitrogen and oxygen atoms in total. The van der Waals surface area contributed by atoms with E-state index < -0.39 is 24.9 Å². The fraction of sp³-hybridized carbons (Fsp3) is 0.227. The highest BCUT2D eigenvalue weighted by molar-refractivity contribution is 6.09. The number of halogens is 2.